The van der Waals surface area contributed by atoms with Crippen molar-refractivity contribution in [3.8, 4) is 0 Å². The maximum absolute atomic E-state index is 12.2. The fourth-order valence-corrected chi connectivity index (χ4v) is 2.36. The standard InChI is InChI=1S/C13H19NO2/c1-3-11-5-4-7-14(9-11)13(15)12-6-8-16-10(12)2/h6,8,11H,3-5,7,9H2,1-2H3. The summed E-state index contributed by atoms with van der Waals surface area (Å²) >= 11 is 0. The van der Waals surface area contributed by atoms with Crippen LogP contribution in [0.4, 0.5) is 0 Å². The van der Waals surface area contributed by atoms with Crippen LogP contribution in [0.15, 0.2) is 16.7 Å². The largest absolute Gasteiger partial charge is 0.469 e. The molecule has 16 heavy (non-hydrogen) atoms. The Kier molecular flexibility index (Phi) is 3.32. The number of aryl methyl sites for hydroxylation is 1. The fraction of sp³-hybridized carbons (Fsp3) is 0.615. The molecule has 1 aromatic heterocycles. The predicted octanol–water partition coefficient (Wildman–Crippen LogP) is 2.85. The molecule has 0 radical (unpaired) electrons. The third-order valence-corrected chi connectivity index (χ3v) is 3.47. The van der Waals surface area contributed by atoms with E-state index in [9.17, 15) is 4.79 Å². The first-order valence-electron chi connectivity index (χ1n) is 6.05. The van der Waals surface area contributed by atoms with Gasteiger partial charge in [0.15, 0.2) is 0 Å². The van der Waals surface area contributed by atoms with Crippen molar-refractivity contribution in [3.05, 3.63) is 23.7 Å². The van der Waals surface area contributed by atoms with Gasteiger partial charge in [0.05, 0.1) is 11.8 Å². The van der Waals surface area contributed by atoms with Gasteiger partial charge < -0.3 is 9.32 Å². The molecule has 1 unspecified atom stereocenters. The first-order valence-corrected chi connectivity index (χ1v) is 6.05. The van der Waals surface area contributed by atoms with Gasteiger partial charge in [-0.3, -0.25) is 4.79 Å². The van der Waals surface area contributed by atoms with E-state index >= 15 is 0 Å². The number of amides is 1. The first kappa shape index (κ1) is 11.2. The van der Waals surface area contributed by atoms with Crippen molar-refractivity contribution in [3.63, 3.8) is 0 Å². The molecular formula is C13H19NO2. The zero-order chi connectivity index (χ0) is 11.5. The topological polar surface area (TPSA) is 33.5 Å². The van der Waals surface area contributed by atoms with Crippen LogP contribution < -0.4 is 0 Å². The average molecular weight is 221 g/mol. The van der Waals surface area contributed by atoms with Crippen molar-refractivity contribution >= 4 is 5.91 Å². The number of piperidine rings is 1. The van der Waals surface area contributed by atoms with E-state index < -0.39 is 0 Å². The third-order valence-electron chi connectivity index (χ3n) is 3.47. The molecule has 1 amide bonds. The summed E-state index contributed by atoms with van der Waals surface area (Å²) in [5.74, 6) is 1.53. The number of carbonyl (C=O) groups excluding carboxylic acids is 1. The van der Waals surface area contributed by atoms with Crippen molar-refractivity contribution in [2.45, 2.75) is 33.1 Å². The molecule has 2 rings (SSSR count). The van der Waals surface area contributed by atoms with Crippen molar-refractivity contribution in [2.24, 2.45) is 5.92 Å². The van der Waals surface area contributed by atoms with E-state index in [2.05, 4.69) is 6.92 Å². The smallest absolute Gasteiger partial charge is 0.257 e. The van der Waals surface area contributed by atoms with Crippen molar-refractivity contribution in [1.82, 2.24) is 4.90 Å². The summed E-state index contributed by atoms with van der Waals surface area (Å²) in [7, 11) is 0. The summed E-state index contributed by atoms with van der Waals surface area (Å²) in [6.45, 7) is 5.83. The minimum absolute atomic E-state index is 0.129. The van der Waals surface area contributed by atoms with Crippen LogP contribution in [0.1, 0.15) is 42.3 Å². The minimum Gasteiger partial charge on any atom is -0.469 e. The number of nitrogens with zero attached hydrogens (tertiary/aromatic N) is 1. The SMILES string of the molecule is CCC1CCCN(C(=O)c2ccoc2C)C1. The summed E-state index contributed by atoms with van der Waals surface area (Å²) in [5, 5.41) is 0. The molecule has 1 aliphatic heterocycles. The fourth-order valence-electron chi connectivity index (χ4n) is 2.36. The Morgan fingerprint density at radius 1 is 1.62 bits per heavy atom. The first-order chi connectivity index (χ1) is 7.72. The Bertz CT molecular complexity index is 370. The van der Waals surface area contributed by atoms with E-state index in [4.69, 9.17) is 4.42 Å². The number of rotatable bonds is 2. The molecule has 0 N–H and O–H groups in total. The second-order valence-corrected chi connectivity index (χ2v) is 4.56. The van der Waals surface area contributed by atoms with Gasteiger partial charge in [-0.25, -0.2) is 0 Å². The lowest BCUT2D eigenvalue weighted by Crippen LogP contribution is -2.39. The summed E-state index contributed by atoms with van der Waals surface area (Å²) < 4.78 is 5.18. The quantitative estimate of drug-likeness (QED) is 0.769. The lowest BCUT2D eigenvalue weighted by Gasteiger charge is -2.32. The van der Waals surface area contributed by atoms with Crippen LogP contribution in [0.25, 0.3) is 0 Å². The maximum Gasteiger partial charge on any atom is 0.257 e. The van der Waals surface area contributed by atoms with E-state index in [1.807, 2.05) is 11.8 Å². The van der Waals surface area contributed by atoms with Crippen molar-refractivity contribution in [1.29, 1.82) is 0 Å². The van der Waals surface area contributed by atoms with Crippen molar-refractivity contribution < 1.29 is 9.21 Å². The van der Waals surface area contributed by atoms with Gasteiger partial charge in [-0.05, 0) is 31.7 Å². The van der Waals surface area contributed by atoms with Gasteiger partial charge in [-0.15, -0.1) is 0 Å². The lowest BCUT2D eigenvalue weighted by atomic mass is 9.95. The lowest BCUT2D eigenvalue weighted by molar-refractivity contribution is 0.0669. The summed E-state index contributed by atoms with van der Waals surface area (Å²) in [6, 6.07) is 1.77. The number of furan rings is 1. The van der Waals surface area contributed by atoms with Crippen LogP contribution in [-0.2, 0) is 0 Å². The molecule has 88 valence electrons. The van der Waals surface area contributed by atoms with Gasteiger partial charge in [0, 0.05) is 13.1 Å². The van der Waals surface area contributed by atoms with E-state index in [1.54, 1.807) is 12.3 Å². The Morgan fingerprint density at radius 3 is 3.06 bits per heavy atom. The van der Waals surface area contributed by atoms with Crippen molar-refractivity contribution in [2.75, 3.05) is 13.1 Å². The van der Waals surface area contributed by atoms with E-state index in [1.165, 1.54) is 6.42 Å². The molecule has 3 nitrogen and oxygen atoms in total. The molecule has 0 aliphatic carbocycles. The average Bonchev–Trinajstić information content (AvgIpc) is 2.74. The molecule has 3 heteroatoms. The number of hydrogen-bond acceptors (Lipinski definition) is 2. The molecule has 1 saturated heterocycles. The zero-order valence-corrected chi connectivity index (χ0v) is 10.0. The number of likely N-dealkylation sites (tertiary alicyclic amines) is 1. The van der Waals surface area contributed by atoms with Gasteiger partial charge in [-0.2, -0.15) is 0 Å². The Labute approximate surface area is 96.4 Å². The molecule has 0 spiro atoms. The third kappa shape index (κ3) is 2.13. The van der Waals surface area contributed by atoms with E-state index in [-0.39, 0.29) is 5.91 Å². The van der Waals surface area contributed by atoms with Crippen LogP contribution in [0.2, 0.25) is 0 Å². The summed E-state index contributed by atoms with van der Waals surface area (Å²) in [5.41, 5.74) is 0.719. The van der Waals surface area contributed by atoms with Gasteiger partial charge >= 0.3 is 0 Å². The predicted molar refractivity (Wildman–Crippen MR) is 62.4 cm³/mol. The Balaban J connectivity index is 2.07. The highest BCUT2D eigenvalue weighted by atomic mass is 16.3. The molecular weight excluding hydrogens is 202 g/mol. The molecule has 2 heterocycles. The second-order valence-electron chi connectivity index (χ2n) is 4.56. The molecule has 0 bridgehead atoms. The van der Waals surface area contributed by atoms with Crippen LogP contribution in [0, 0.1) is 12.8 Å². The van der Waals surface area contributed by atoms with E-state index in [0.717, 1.165) is 37.3 Å². The minimum atomic E-state index is 0.129. The Morgan fingerprint density at radius 2 is 2.44 bits per heavy atom. The molecule has 0 saturated carbocycles. The highest BCUT2D eigenvalue weighted by Crippen LogP contribution is 2.22. The Hall–Kier alpha value is -1.25. The van der Waals surface area contributed by atoms with Gasteiger partial charge in [0.1, 0.15) is 5.76 Å². The highest BCUT2D eigenvalue weighted by Gasteiger charge is 2.25. The number of carbonyl (C=O) groups is 1. The van der Waals surface area contributed by atoms with Gasteiger partial charge in [0.25, 0.3) is 5.91 Å². The van der Waals surface area contributed by atoms with Crippen LogP contribution in [-0.4, -0.2) is 23.9 Å². The zero-order valence-electron chi connectivity index (χ0n) is 10.0. The van der Waals surface area contributed by atoms with Gasteiger partial charge in [0.2, 0.25) is 0 Å². The van der Waals surface area contributed by atoms with Gasteiger partial charge in [-0.1, -0.05) is 13.3 Å². The monoisotopic (exact) mass is 221 g/mol. The summed E-state index contributed by atoms with van der Waals surface area (Å²) in [6.07, 6.45) is 5.13. The molecule has 1 fully saturated rings. The summed E-state index contributed by atoms with van der Waals surface area (Å²) in [4.78, 5) is 14.2. The number of hydrogen-bond donors (Lipinski definition) is 0. The molecule has 1 aromatic rings. The normalized spacial score (nSPS) is 21.1. The van der Waals surface area contributed by atoms with Crippen LogP contribution in [0.3, 0.4) is 0 Å². The maximum atomic E-state index is 12.2. The highest BCUT2D eigenvalue weighted by molar-refractivity contribution is 5.95. The molecule has 0 aromatic carbocycles. The molecule has 1 aliphatic rings. The van der Waals surface area contributed by atoms with E-state index in [0.29, 0.717) is 5.92 Å². The molecule has 1 atom stereocenters. The van der Waals surface area contributed by atoms with Crippen LogP contribution >= 0.6 is 0 Å². The second kappa shape index (κ2) is 4.73. The van der Waals surface area contributed by atoms with Crippen LogP contribution in [0.5, 0.6) is 0 Å².